The number of aromatic nitrogens is 3. The van der Waals surface area contributed by atoms with Crippen LogP contribution < -0.4 is 10.6 Å². The van der Waals surface area contributed by atoms with Gasteiger partial charge in [-0.2, -0.15) is 4.98 Å². The lowest BCUT2D eigenvalue weighted by Crippen LogP contribution is -2.29. The van der Waals surface area contributed by atoms with E-state index in [4.69, 9.17) is 0 Å². The summed E-state index contributed by atoms with van der Waals surface area (Å²) >= 11 is 0. The maximum absolute atomic E-state index is 11.2. The summed E-state index contributed by atoms with van der Waals surface area (Å²) in [7, 11) is 0. The van der Waals surface area contributed by atoms with Crippen molar-refractivity contribution in [3.8, 4) is 0 Å². The molecule has 0 unspecified atom stereocenters. The number of anilines is 1. The zero-order valence-electron chi connectivity index (χ0n) is 8.42. The predicted molar refractivity (Wildman–Crippen MR) is 53.0 cm³/mol. The van der Waals surface area contributed by atoms with E-state index in [1.165, 1.54) is 0 Å². The van der Waals surface area contributed by atoms with E-state index in [9.17, 15) is 4.79 Å². The third-order valence-corrected chi connectivity index (χ3v) is 1.64. The lowest BCUT2D eigenvalue weighted by Gasteiger charge is -2.02. The number of hydrogen-bond donors (Lipinski definition) is 3. The van der Waals surface area contributed by atoms with E-state index in [0.29, 0.717) is 18.3 Å². The molecule has 2 amide bonds. The van der Waals surface area contributed by atoms with Crippen LogP contribution >= 0.6 is 0 Å². The van der Waals surface area contributed by atoms with Gasteiger partial charge in [-0.3, -0.25) is 10.4 Å². The smallest absolute Gasteiger partial charge is 0.321 e. The molecule has 0 radical (unpaired) electrons. The summed E-state index contributed by atoms with van der Waals surface area (Å²) in [4.78, 5) is 15.1. The predicted octanol–water partition coefficient (Wildman–Crippen LogP) is 1.03. The summed E-state index contributed by atoms with van der Waals surface area (Å²) in [5, 5.41) is 11.6. The molecule has 0 aliphatic heterocycles. The molecule has 1 heterocycles. The number of amides is 2. The van der Waals surface area contributed by atoms with Crippen LogP contribution in [0.15, 0.2) is 0 Å². The van der Waals surface area contributed by atoms with Crippen molar-refractivity contribution in [1.82, 2.24) is 20.5 Å². The third kappa shape index (κ3) is 3.42. The van der Waals surface area contributed by atoms with Gasteiger partial charge in [-0.1, -0.05) is 13.3 Å². The SMILES string of the molecule is CCCCNC(=O)Nc1n[nH]c(C)n1. The molecule has 0 aliphatic carbocycles. The zero-order valence-corrected chi connectivity index (χ0v) is 8.42. The second-order valence-electron chi connectivity index (χ2n) is 2.98. The van der Waals surface area contributed by atoms with Crippen LogP contribution in [0, 0.1) is 6.92 Å². The Kier molecular flexibility index (Phi) is 3.90. The lowest BCUT2D eigenvalue weighted by atomic mass is 10.3. The van der Waals surface area contributed by atoms with Gasteiger partial charge in [0.2, 0.25) is 5.95 Å². The number of aromatic amines is 1. The number of H-pyrrole nitrogens is 1. The van der Waals surface area contributed by atoms with Gasteiger partial charge >= 0.3 is 6.03 Å². The van der Waals surface area contributed by atoms with Crippen LogP contribution in [-0.2, 0) is 0 Å². The lowest BCUT2D eigenvalue weighted by molar-refractivity contribution is 0.252. The Bertz CT molecular complexity index is 296. The minimum atomic E-state index is -0.266. The van der Waals surface area contributed by atoms with E-state index in [1.54, 1.807) is 6.92 Å². The molecule has 1 aromatic heterocycles. The van der Waals surface area contributed by atoms with Gasteiger partial charge in [0.25, 0.3) is 0 Å². The molecule has 0 saturated heterocycles. The van der Waals surface area contributed by atoms with E-state index in [2.05, 4.69) is 32.7 Å². The third-order valence-electron chi connectivity index (χ3n) is 1.64. The molecule has 0 atom stereocenters. The molecule has 1 aromatic rings. The quantitative estimate of drug-likeness (QED) is 0.630. The topological polar surface area (TPSA) is 82.7 Å². The van der Waals surface area contributed by atoms with Gasteiger partial charge in [0.1, 0.15) is 5.82 Å². The van der Waals surface area contributed by atoms with Gasteiger partial charge in [0, 0.05) is 6.54 Å². The Morgan fingerprint density at radius 2 is 2.36 bits per heavy atom. The van der Waals surface area contributed by atoms with Crippen molar-refractivity contribution in [2.45, 2.75) is 26.7 Å². The van der Waals surface area contributed by atoms with Gasteiger partial charge in [0.05, 0.1) is 0 Å². The molecular formula is C8H15N5O. The van der Waals surface area contributed by atoms with Crippen LogP contribution in [0.2, 0.25) is 0 Å². The van der Waals surface area contributed by atoms with Crippen molar-refractivity contribution in [1.29, 1.82) is 0 Å². The van der Waals surface area contributed by atoms with Gasteiger partial charge < -0.3 is 5.32 Å². The van der Waals surface area contributed by atoms with Crippen molar-refractivity contribution in [3.05, 3.63) is 5.82 Å². The summed E-state index contributed by atoms with van der Waals surface area (Å²) in [5.41, 5.74) is 0. The van der Waals surface area contributed by atoms with Crippen molar-refractivity contribution in [2.75, 3.05) is 11.9 Å². The molecule has 6 nitrogen and oxygen atoms in total. The van der Waals surface area contributed by atoms with Crippen molar-refractivity contribution in [2.24, 2.45) is 0 Å². The van der Waals surface area contributed by atoms with Gasteiger partial charge in [0.15, 0.2) is 0 Å². The van der Waals surface area contributed by atoms with Crippen LogP contribution in [0.25, 0.3) is 0 Å². The summed E-state index contributed by atoms with van der Waals surface area (Å²) in [6, 6.07) is -0.266. The number of urea groups is 1. The van der Waals surface area contributed by atoms with Gasteiger partial charge in [-0.05, 0) is 13.3 Å². The number of carbonyl (C=O) groups is 1. The highest BCUT2D eigenvalue weighted by Gasteiger charge is 2.03. The molecule has 0 bridgehead atoms. The summed E-state index contributed by atoms with van der Waals surface area (Å²) in [6.07, 6.45) is 2.03. The molecule has 3 N–H and O–H groups in total. The normalized spacial score (nSPS) is 9.86. The van der Waals surface area contributed by atoms with Crippen molar-refractivity contribution < 1.29 is 4.79 Å². The Morgan fingerprint density at radius 1 is 1.57 bits per heavy atom. The highest BCUT2D eigenvalue weighted by molar-refractivity contribution is 5.87. The number of rotatable bonds is 4. The summed E-state index contributed by atoms with van der Waals surface area (Å²) < 4.78 is 0. The Hall–Kier alpha value is -1.59. The molecule has 6 heteroatoms. The van der Waals surface area contributed by atoms with Gasteiger partial charge in [-0.25, -0.2) is 4.79 Å². The number of hydrogen-bond acceptors (Lipinski definition) is 3. The summed E-state index contributed by atoms with van der Waals surface area (Å²) in [6.45, 7) is 4.51. The fourth-order valence-corrected chi connectivity index (χ4v) is 0.923. The Labute approximate surface area is 82.5 Å². The molecule has 0 saturated carbocycles. The van der Waals surface area contributed by atoms with Crippen LogP contribution in [-0.4, -0.2) is 27.8 Å². The monoisotopic (exact) mass is 197 g/mol. The molecule has 0 fully saturated rings. The van der Waals surface area contributed by atoms with E-state index in [0.717, 1.165) is 12.8 Å². The Balaban J connectivity index is 2.27. The average molecular weight is 197 g/mol. The first-order chi connectivity index (χ1) is 6.72. The molecule has 0 aromatic carbocycles. The molecular weight excluding hydrogens is 182 g/mol. The molecule has 14 heavy (non-hydrogen) atoms. The first-order valence-electron chi connectivity index (χ1n) is 4.66. The van der Waals surface area contributed by atoms with Crippen LogP contribution in [0.1, 0.15) is 25.6 Å². The fraction of sp³-hybridized carbons (Fsp3) is 0.625. The minimum absolute atomic E-state index is 0.266. The van der Waals surface area contributed by atoms with Gasteiger partial charge in [-0.15, -0.1) is 5.10 Å². The number of unbranched alkanes of at least 4 members (excludes halogenated alkanes) is 1. The number of aryl methyl sites for hydroxylation is 1. The van der Waals surface area contributed by atoms with E-state index in [-0.39, 0.29) is 6.03 Å². The number of nitrogens with zero attached hydrogens (tertiary/aromatic N) is 2. The fourth-order valence-electron chi connectivity index (χ4n) is 0.923. The van der Waals surface area contributed by atoms with Crippen molar-refractivity contribution in [3.63, 3.8) is 0 Å². The first kappa shape index (κ1) is 10.5. The van der Waals surface area contributed by atoms with Crippen molar-refractivity contribution >= 4 is 12.0 Å². The van der Waals surface area contributed by atoms with E-state index >= 15 is 0 Å². The number of carbonyl (C=O) groups excluding carboxylic acids is 1. The van der Waals surface area contributed by atoms with Crippen LogP contribution in [0.4, 0.5) is 10.7 Å². The largest absolute Gasteiger partial charge is 0.338 e. The Morgan fingerprint density at radius 3 is 2.93 bits per heavy atom. The second-order valence-corrected chi connectivity index (χ2v) is 2.98. The second kappa shape index (κ2) is 5.21. The molecule has 0 aliphatic rings. The highest BCUT2D eigenvalue weighted by Crippen LogP contribution is 1.95. The zero-order chi connectivity index (χ0) is 10.4. The van der Waals surface area contributed by atoms with E-state index in [1.807, 2.05) is 0 Å². The highest BCUT2D eigenvalue weighted by atomic mass is 16.2. The average Bonchev–Trinajstić information content (AvgIpc) is 2.52. The number of nitrogens with one attached hydrogen (secondary N) is 3. The molecule has 1 rings (SSSR count). The summed E-state index contributed by atoms with van der Waals surface area (Å²) in [5.74, 6) is 0.977. The van der Waals surface area contributed by atoms with E-state index < -0.39 is 0 Å². The van der Waals surface area contributed by atoms with Crippen LogP contribution in [0.5, 0.6) is 0 Å². The maximum Gasteiger partial charge on any atom is 0.321 e. The standard InChI is InChI=1S/C8H15N5O/c1-3-4-5-9-8(14)11-7-10-6(2)12-13-7/h3-5H2,1-2H3,(H3,9,10,11,12,13,14). The minimum Gasteiger partial charge on any atom is -0.338 e. The van der Waals surface area contributed by atoms with Crippen LogP contribution in [0.3, 0.4) is 0 Å². The molecule has 0 spiro atoms. The maximum atomic E-state index is 11.2. The molecule has 78 valence electrons. The first-order valence-corrected chi connectivity index (χ1v) is 4.66.